The summed E-state index contributed by atoms with van der Waals surface area (Å²) in [6, 6.07) is 2.79. The Labute approximate surface area is 203 Å². The highest BCUT2D eigenvalue weighted by Crippen LogP contribution is 2.44. The predicted octanol–water partition coefficient (Wildman–Crippen LogP) is 5.50. The second-order valence-corrected chi connectivity index (χ2v) is 11.4. The largest absolute Gasteiger partial charge is 0.481 e. The Balaban J connectivity index is 1.53. The Morgan fingerprint density at radius 1 is 1.21 bits per heavy atom. The maximum absolute atomic E-state index is 13.6. The molecular weight excluding hydrogens is 430 g/mol. The molecule has 2 aromatic heterocycles. The summed E-state index contributed by atoms with van der Waals surface area (Å²) >= 11 is 1.90. The van der Waals surface area contributed by atoms with Crippen LogP contribution in [0.5, 0.6) is 5.88 Å². The van der Waals surface area contributed by atoms with Crippen LogP contribution in [0.2, 0.25) is 0 Å². The van der Waals surface area contributed by atoms with Crippen LogP contribution < -0.4 is 4.74 Å². The smallest absolute Gasteiger partial charge is 0.255 e. The molecule has 2 aliphatic rings. The van der Waals surface area contributed by atoms with Crippen LogP contribution in [0.1, 0.15) is 81.0 Å². The molecule has 1 amide bonds. The van der Waals surface area contributed by atoms with Crippen LogP contribution in [0.4, 0.5) is 0 Å². The molecule has 1 aliphatic carbocycles. The number of carbonyl (C=O) groups is 1. The summed E-state index contributed by atoms with van der Waals surface area (Å²) in [6.45, 7) is 9.92. The molecule has 0 radical (unpaired) electrons. The number of amides is 1. The normalized spacial score (nSPS) is 21.9. The summed E-state index contributed by atoms with van der Waals surface area (Å²) in [7, 11) is 6.06. The third-order valence-electron chi connectivity index (χ3n) is 7.94. The van der Waals surface area contributed by atoms with Gasteiger partial charge in [-0.05, 0) is 89.6 Å². The molecule has 4 rings (SSSR count). The Bertz CT molecular complexity index is 1020. The number of aromatic nitrogens is 1. The highest BCUT2D eigenvalue weighted by molar-refractivity contribution is 7.12. The molecule has 1 saturated carbocycles. The monoisotopic (exact) mass is 469 g/mol. The van der Waals surface area contributed by atoms with Crippen LogP contribution in [-0.4, -0.2) is 54.5 Å². The molecule has 3 heterocycles. The third kappa shape index (κ3) is 4.69. The van der Waals surface area contributed by atoms with E-state index in [-0.39, 0.29) is 5.91 Å². The average molecular weight is 470 g/mol. The number of hydrogen-bond donors (Lipinski definition) is 0. The van der Waals surface area contributed by atoms with Crippen LogP contribution in [0.3, 0.4) is 0 Å². The van der Waals surface area contributed by atoms with Gasteiger partial charge in [-0.15, -0.1) is 11.3 Å². The molecule has 0 unspecified atom stereocenters. The lowest BCUT2D eigenvalue weighted by molar-refractivity contribution is 0.0726. The molecule has 1 atom stereocenters. The van der Waals surface area contributed by atoms with E-state index in [9.17, 15) is 4.79 Å². The number of aryl methyl sites for hydroxylation is 2. The lowest BCUT2D eigenvalue weighted by atomic mass is 9.77. The van der Waals surface area contributed by atoms with Gasteiger partial charge < -0.3 is 14.5 Å². The zero-order valence-corrected chi connectivity index (χ0v) is 22.1. The van der Waals surface area contributed by atoms with Gasteiger partial charge in [0.1, 0.15) is 0 Å². The maximum Gasteiger partial charge on any atom is 0.255 e. The van der Waals surface area contributed by atoms with Crippen LogP contribution in [0, 0.1) is 26.7 Å². The number of nitrogens with zero attached hydrogens (tertiary/aromatic N) is 3. The lowest BCUT2D eigenvalue weighted by Crippen LogP contribution is -2.37. The number of fused-ring (bicyclic) bond motifs is 1. The molecule has 0 spiro atoms. The quantitative estimate of drug-likeness (QED) is 0.560. The van der Waals surface area contributed by atoms with Crippen LogP contribution >= 0.6 is 11.3 Å². The van der Waals surface area contributed by atoms with E-state index in [1.165, 1.54) is 41.0 Å². The molecule has 0 bridgehead atoms. The van der Waals surface area contributed by atoms with Gasteiger partial charge in [-0.1, -0.05) is 6.92 Å². The number of methoxy groups -OCH3 is 1. The first kappa shape index (κ1) is 24.2. The van der Waals surface area contributed by atoms with Crippen molar-refractivity contribution in [2.45, 2.75) is 78.3 Å². The molecule has 0 aromatic carbocycles. The minimum Gasteiger partial charge on any atom is -0.481 e. The van der Waals surface area contributed by atoms with Crippen LogP contribution in [-0.2, 0) is 13.0 Å². The van der Waals surface area contributed by atoms with E-state index in [2.05, 4.69) is 50.8 Å². The third-order valence-corrected chi connectivity index (χ3v) is 9.49. The fraction of sp³-hybridized carbons (Fsp3) is 0.630. The van der Waals surface area contributed by atoms with Crippen LogP contribution in [0.15, 0.2) is 6.07 Å². The van der Waals surface area contributed by atoms with Gasteiger partial charge in [0.25, 0.3) is 5.91 Å². The van der Waals surface area contributed by atoms with E-state index in [0.29, 0.717) is 18.3 Å². The van der Waals surface area contributed by atoms with Crippen molar-refractivity contribution in [1.29, 1.82) is 0 Å². The highest BCUT2D eigenvalue weighted by Gasteiger charge is 2.34. The number of hydrogen-bond acceptors (Lipinski definition) is 5. The summed E-state index contributed by atoms with van der Waals surface area (Å²) in [5, 5.41) is 0. The maximum atomic E-state index is 13.6. The van der Waals surface area contributed by atoms with E-state index in [0.717, 1.165) is 47.3 Å². The lowest BCUT2D eigenvalue weighted by Gasteiger charge is -2.35. The van der Waals surface area contributed by atoms with Crippen molar-refractivity contribution >= 4 is 17.2 Å². The Kier molecular flexibility index (Phi) is 7.15. The minimum absolute atomic E-state index is 0.168. The van der Waals surface area contributed by atoms with Crippen molar-refractivity contribution in [2.75, 3.05) is 27.7 Å². The predicted molar refractivity (Wildman–Crippen MR) is 136 cm³/mol. The van der Waals surface area contributed by atoms with Gasteiger partial charge in [-0.25, -0.2) is 4.98 Å². The van der Waals surface area contributed by atoms with Gasteiger partial charge in [-0.2, -0.15) is 0 Å². The van der Waals surface area contributed by atoms with E-state index < -0.39 is 0 Å². The van der Waals surface area contributed by atoms with E-state index in [1.54, 1.807) is 7.11 Å². The second-order valence-electron chi connectivity index (χ2n) is 10.3. The topological polar surface area (TPSA) is 45.7 Å². The summed E-state index contributed by atoms with van der Waals surface area (Å²) in [6.07, 6.45) is 6.07. The second kappa shape index (κ2) is 9.75. The standard InChI is InChI=1S/C27H39N3O2S/c1-16-14-17(2)28-26(32-7)22(16)15-30-13-12-23-24(27(30)31)19(4)25(33-23)18(3)20-8-10-21(11-9-20)29(5)6/h14,18,20-21H,8-13,15H2,1-7H3/t18-,20-,21-/m1/s1. The number of pyridine rings is 1. The van der Waals surface area contributed by atoms with Crippen LogP contribution in [0.25, 0.3) is 0 Å². The van der Waals surface area contributed by atoms with E-state index >= 15 is 0 Å². The van der Waals surface area contributed by atoms with E-state index in [1.807, 2.05) is 23.2 Å². The fourth-order valence-corrected chi connectivity index (χ4v) is 7.28. The molecule has 6 heteroatoms. The summed E-state index contributed by atoms with van der Waals surface area (Å²) in [4.78, 5) is 25.2. The van der Waals surface area contributed by atoms with Gasteiger partial charge >= 0.3 is 0 Å². The first-order valence-corrected chi connectivity index (χ1v) is 13.1. The SMILES string of the molecule is COc1nc(C)cc(C)c1CN1CCc2sc([C@H](C)[C@H]3CC[C@H](N(C)C)CC3)c(C)c2C1=O. The number of ether oxygens (including phenoxy) is 1. The Morgan fingerprint density at radius 2 is 1.91 bits per heavy atom. The molecule has 33 heavy (non-hydrogen) atoms. The zero-order valence-electron chi connectivity index (χ0n) is 21.3. The molecule has 180 valence electrons. The van der Waals surface area contributed by atoms with Crippen molar-refractivity contribution in [3.8, 4) is 5.88 Å². The minimum atomic E-state index is 0.168. The van der Waals surface area contributed by atoms with Gasteiger partial charge in [0.15, 0.2) is 0 Å². The zero-order chi connectivity index (χ0) is 23.9. The molecule has 1 aliphatic heterocycles. The summed E-state index contributed by atoms with van der Waals surface area (Å²) < 4.78 is 5.55. The van der Waals surface area contributed by atoms with Crippen molar-refractivity contribution in [3.63, 3.8) is 0 Å². The van der Waals surface area contributed by atoms with Crippen molar-refractivity contribution in [1.82, 2.24) is 14.8 Å². The first-order valence-electron chi connectivity index (χ1n) is 12.3. The summed E-state index contributed by atoms with van der Waals surface area (Å²) in [5.41, 5.74) is 5.26. The number of rotatable bonds is 6. The van der Waals surface area contributed by atoms with Gasteiger partial charge in [0, 0.05) is 40.0 Å². The molecule has 0 saturated heterocycles. The summed E-state index contributed by atoms with van der Waals surface area (Å²) in [5.74, 6) is 2.04. The van der Waals surface area contributed by atoms with Crippen molar-refractivity contribution < 1.29 is 9.53 Å². The first-order chi connectivity index (χ1) is 15.7. The van der Waals surface area contributed by atoms with Gasteiger partial charge in [-0.3, -0.25) is 4.79 Å². The molecule has 0 N–H and O–H groups in total. The Hall–Kier alpha value is -1.92. The van der Waals surface area contributed by atoms with Crippen molar-refractivity contribution in [3.05, 3.63) is 43.8 Å². The van der Waals surface area contributed by atoms with Crippen molar-refractivity contribution in [2.24, 2.45) is 5.92 Å². The molecule has 5 nitrogen and oxygen atoms in total. The number of carbonyl (C=O) groups excluding carboxylic acids is 1. The molecule has 2 aromatic rings. The molecular formula is C27H39N3O2S. The number of thiophene rings is 1. The Morgan fingerprint density at radius 3 is 2.55 bits per heavy atom. The van der Waals surface area contributed by atoms with Gasteiger partial charge in [0.2, 0.25) is 5.88 Å². The fourth-order valence-electron chi connectivity index (χ4n) is 5.84. The average Bonchev–Trinajstić information content (AvgIpc) is 3.13. The van der Waals surface area contributed by atoms with E-state index in [4.69, 9.17) is 4.74 Å². The molecule has 1 fully saturated rings. The highest BCUT2D eigenvalue weighted by atomic mass is 32.1. The van der Waals surface area contributed by atoms with Gasteiger partial charge in [0.05, 0.1) is 19.2 Å².